The van der Waals surface area contributed by atoms with Crippen LogP contribution >= 0.6 is 0 Å². The molecule has 4 atom stereocenters. The number of nitrogens with one attached hydrogen (secondary N) is 1. The monoisotopic (exact) mass is 292 g/mol. The van der Waals surface area contributed by atoms with Crippen LogP contribution in [0.25, 0.3) is 0 Å². The summed E-state index contributed by atoms with van der Waals surface area (Å²) in [6.07, 6.45) is 15.9. The Bertz CT molecular complexity index is 303. The second-order valence-electron chi connectivity index (χ2n) is 8.16. The van der Waals surface area contributed by atoms with Gasteiger partial charge in [-0.25, -0.2) is 0 Å². The standard InChI is InChI=1S/C19H36N2/c1-3-5-15-6-4-7-17(9-8-15)20-14-16-12-18-10-11-19(13-16)21(18)2/h15-20H,3-14H2,1-2H3. The summed E-state index contributed by atoms with van der Waals surface area (Å²) < 4.78 is 0. The van der Waals surface area contributed by atoms with Gasteiger partial charge in [0.25, 0.3) is 0 Å². The van der Waals surface area contributed by atoms with Crippen molar-refractivity contribution in [1.29, 1.82) is 0 Å². The summed E-state index contributed by atoms with van der Waals surface area (Å²) in [6, 6.07) is 2.63. The van der Waals surface area contributed by atoms with Crippen molar-refractivity contribution >= 4 is 0 Å². The van der Waals surface area contributed by atoms with E-state index in [9.17, 15) is 0 Å². The van der Waals surface area contributed by atoms with E-state index in [1.54, 1.807) is 0 Å². The number of hydrogen-bond donors (Lipinski definition) is 1. The van der Waals surface area contributed by atoms with Gasteiger partial charge < -0.3 is 10.2 Å². The molecule has 0 aromatic carbocycles. The zero-order valence-corrected chi connectivity index (χ0v) is 14.3. The Morgan fingerprint density at radius 1 is 0.905 bits per heavy atom. The molecule has 21 heavy (non-hydrogen) atoms. The normalized spacial score (nSPS) is 41.1. The van der Waals surface area contributed by atoms with E-state index in [4.69, 9.17) is 0 Å². The molecule has 1 aliphatic carbocycles. The van der Waals surface area contributed by atoms with Gasteiger partial charge in [-0.3, -0.25) is 0 Å². The second-order valence-corrected chi connectivity index (χ2v) is 8.16. The van der Waals surface area contributed by atoms with Crippen LogP contribution in [-0.4, -0.2) is 36.6 Å². The van der Waals surface area contributed by atoms with Gasteiger partial charge in [0, 0.05) is 18.1 Å². The van der Waals surface area contributed by atoms with Crippen LogP contribution in [0.3, 0.4) is 0 Å². The summed E-state index contributed by atoms with van der Waals surface area (Å²) in [5.74, 6) is 1.98. The van der Waals surface area contributed by atoms with E-state index >= 15 is 0 Å². The molecule has 2 nitrogen and oxygen atoms in total. The topological polar surface area (TPSA) is 15.3 Å². The predicted molar refractivity (Wildman–Crippen MR) is 90.6 cm³/mol. The molecule has 2 aliphatic heterocycles. The number of fused-ring (bicyclic) bond motifs is 2. The molecule has 1 saturated carbocycles. The maximum atomic E-state index is 3.96. The van der Waals surface area contributed by atoms with Crippen molar-refractivity contribution in [2.24, 2.45) is 11.8 Å². The highest BCUT2D eigenvalue weighted by molar-refractivity contribution is 4.94. The van der Waals surface area contributed by atoms with E-state index in [2.05, 4.69) is 24.2 Å². The maximum Gasteiger partial charge on any atom is 0.00988 e. The van der Waals surface area contributed by atoms with Crippen LogP contribution in [0.2, 0.25) is 0 Å². The van der Waals surface area contributed by atoms with Gasteiger partial charge in [0.05, 0.1) is 0 Å². The fraction of sp³-hybridized carbons (Fsp3) is 1.00. The lowest BCUT2D eigenvalue weighted by Crippen LogP contribution is -2.44. The minimum atomic E-state index is 0.823. The average molecular weight is 293 g/mol. The molecule has 0 aromatic heterocycles. The molecule has 2 bridgehead atoms. The largest absolute Gasteiger partial charge is 0.314 e. The molecule has 0 spiro atoms. The van der Waals surface area contributed by atoms with E-state index in [0.29, 0.717) is 0 Å². The van der Waals surface area contributed by atoms with Crippen molar-refractivity contribution in [1.82, 2.24) is 10.2 Å². The molecule has 0 radical (unpaired) electrons. The van der Waals surface area contributed by atoms with Gasteiger partial charge in [0.1, 0.15) is 0 Å². The van der Waals surface area contributed by atoms with Crippen LogP contribution in [0.15, 0.2) is 0 Å². The van der Waals surface area contributed by atoms with Gasteiger partial charge >= 0.3 is 0 Å². The van der Waals surface area contributed by atoms with Crippen LogP contribution in [0.1, 0.15) is 77.6 Å². The number of rotatable bonds is 5. The first-order chi connectivity index (χ1) is 10.3. The van der Waals surface area contributed by atoms with Crippen molar-refractivity contribution in [2.75, 3.05) is 13.6 Å². The zero-order chi connectivity index (χ0) is 14.7. The molecular weight excluding hydrogens is 256 g/mol. The van der Waals surface area contributed by atoms with Crippen molar-refractivity contribution in [3.63, 3.8) is 0 Å². The summed E-state index contributed by atoms with van der Waals surface area (Å²) in [4.78, 5) is 2.66. The predicted octanol–water partition coefficient (Wildman–Crippen LogP) is 4.20. The van der Waals surface area contributed by atoms with Gasteiger partial charge in [-0.15, -0.1) is 0 Å². The SMILES string of the molecule is CCCC1CCCC(NCC2CC3CCC(C2)N3C)CC1. The Morgan fingerprint density at radius 3 is 2.38 bits per heavy atom. The maximum absolute atomic E-state index is 3.96. The molecule has 3 rings (SSSR count). The number of nitrogens with zero attached hydrogens (tertiary/aromatic N) is 1. The Balaban J connectivity index is 1.39. The van der Waals surface area contributed by atoms with Crippen LogP contribution < -0.4 is 5.32 Å². The summed E-state index contributed by atoms with van der Waals surface area (Å²) in [5, 5.41) is 3.96. The third kappa shape index (κ3) is 4.01. The number of piperidine rings is 1. The van der Waals surface area contributed by atoms with Crippen molar-refractivity contribution < 1.29 is 0 Å². The van der Waals surface area contributed by atoms with Gasteiger partial charge in [0.2, 0.25) is 0 Å². The third-order valence-electron chi connectivity index (χ3n) is 6.68. The third-order valence-corrected chi connectivity index (χ3v) is 6.68. The first-order valence-electron chi connectivity index (χ1n) is 9.71. The molecule has 0 amide bonds. The first kappa shape index (κ1) is 15.8. The highest BCUT2D eigenvalue weighted by atomic mass is 15.2. The van der Waals surface area contributed by atoms with Crippen LogP contribution in [-0.2, 0) is 0 Å². The van der Waals surface area contributed by atoms with Crippen LogP contribution in [0.4, 0.5) is 0 Å². The molecular formula is C19H36N2. The average Bonchev–Trinajstić information content (AvgIpc) is 2.70. The molecule has 122 valence electrons. The Kier molecular flexibility index (Phi) is 5.61. The highest BCUT2D eigenvalue weighted by Gasteiger charge is 2.38. The van der Waals surface area contributed by atoms with Crippen LogP contribution in [0.5, 0.6) is 0 Å². The minimum Gasteiger partial charge on any atom is -0.314 e. The lowest BCUT2D eigenvalue weighted by Gasteiger charge is -2.37. The molecule has 2 heteroatoms. The first-order valence-corrected chi connectivity index (χ1v) is 9.71. The van der Waals surface area contributed by atoms with E-state index in [1.165, 1.54) is 77.2 Å². The van der Waals surface area contributed by atoms with Gasteiger partial charge in [-0.1, -0.05) is 32.6 Å². The minimum absolute atomic E-state index is 0.823. The summed E-state index contributed by atoms with van der Waals surface area (Å²) in [6.45, 7) is 3.64. The summed E-state index contributed by atoms with van der Waals surface area (Å²) >= 11 is 0. The van der Waals surface area contributed by atoms with Gasteiger partial charge in [0.15, 0.2) is 0 Å². The lowest BCUT2D eigenvalue weighted by atomic mass is 9.90. The molecule has 4 unspecified atom stereocenters. The quantitative estimate of drug-likeness (QED) is 0.764. The van der Waals surface area contributed by atoms with Gasteiger partial charge in [-0.2, -0.15) is 0 Å². The van der Waals surface area contributed by atoms with Crippen LogP contribution in [0, 0.1) is 11.8 Å². The molecule has 1 N–H and O–H groups in total. The fourth-order valence-electron chi connectivity index (χ4n) is 5.30. The lowest BCUT2D eigenvalue weighted by molar-refractivity contribution is 0.130. The molecule has 3 fully saturated rings. The van der Waals surface area contributed by atoms with E-state index in [0.717, 1.165) is 30.0 Å². The van der Waals surface area contributed by atoms with E-state index < -0.39 is 0 Å². The van der Waals surface area contributed by atoms with Crippen molar-refractivity contribution in [3.05, 3.63) is 0 Å². The van der Waals surface area contributed by atoms with Gasteiger partial charge in [-0.05, 0) is 70.4 Å². The Morgan fingerprint density at radius 2 is 1.67 bits per heavy atom. The molecule has 0 aromatic rings. The van der Waals surface area contributed by atoms with E-state index in [1.807, 2.05) is 0 Å². The molecule has 2 heterocycles. The number of hydrogen-bond acceptors (Lipinski definition) is 2. The summed E-state index contributed by atoms with van der Waals surface area (Å²) in [5.41, 5.74) is 0. The second kappa shape index (κ2) is 7.46. The molecule has 2 saturated heterocycles. The molecule has 3 aliphatic rings. The Hall–Kier alpha value is -0.0800. The van der Waals surface area contributed by atoms with Crippen molar-refractivity contribution in [3.8, 4) is 0 Å². The van der Waals surface area contributed by atoms with Crippen molar-refractivity contribution in [2.45, 2.75) is 95.7 Å². The Labute approximate surface area is 132 Å². The summed E-state index contributed by atoms with van der Waals surface area (Å²) in [7, 11) is 2.35. The fourth-order valence-corrected chi connectivity index (χ4v) is 5.30. The zero-order valence-electron chi connectivity index (χ0n) is 14.3. The van der Waals surface area contributed by atoms with E-state index in [-0.39, 0.29) is 0 Å². The smallest absolute Gasteiger partial charge is 0.00988 e. The highest BCUT2D eigenvalue weighted by Crippen LogP contribution is 2.37.